The summed E-state index contributed by atoms with van der Waals surface area (Å²) < 4.78 is 0. The SMILES string of the molecule is CCc1ccc(C(=O)CC(C)CC)cc1. The molecule has 0 bridgehead atoms. The van der Waals surface area contributed by atoms with Gasteiger partial charge in [-0.25, -0.2) is 0 Å². The van der Waals surface area contributed by atoms with Gasteiger partial charge < -0.3 is 0 Å². The van der Waals surface area contributed by atoms with Crippen molar-refractivity contribution in [3.63, 3.8) is 0 Å². The summed E-state index contributed by atoms with van der Waals surface area (Å²) in [6.45, 7) is 6.37. The minimum atomic E-state index is 0.270. The van der Waals surface area contributed by atoms with Gasteiger partial charge in [-0.1, -0.05) is 51.5 Å². The van der Waals surface area contributed by atoms with Gasteiger partial charge in [-0.3, -0.25) is 4.79 Å². The molecule has 0 saturated heterocycles. The van der Waals surface area contributed by atoms with Crippen LogP contribution in [0.25, 0.3) is 0 Å². The quantitative estimate of drug-likeness (QED) is 0.665. The van der Waals surface area contributed by atoms with Crippen LogP contribution in [0.5, 0.6) is 0 Å². The van der Waals surface area contributed by atoms with Gasteiger partial charge in [0.15, 0.2) is 5.78 Å². The van der Waals surface area contributed by atoms with Crippen molar-refractivity contribution in [1.82, 2.24) is 0 Å². The lowest BCUT2D eigenvalue weighted by atomic mass is 9.97. The summed E-state index contributed by atoms with van der Waals surface area (Å²) in [7, 11) is 0. The van der Waals surface area contributed by atoms with Crippen LogP contribution in [0, 0.1) is 5.92 Å². The molecule has 1 aromatic rings. The minimum absolute atomic E-state index is 0.270. The fourth-order valence-corrected chi connectivity index (χ4v) is 1.51. The zero-order chi connectivity index (χ0) is 11.3. The van der Waals surface area contributed by atoms with E-state index in [9.17, 15) is 4.79 Å². The van der Waals surface area contributed by atoms with Crippen LogP contribution in [0.4, 0.5) is 0 Å². The molecule has 1 heteroatoms. The van der Waals surface area contributed by atoms with Crippen LogP contribution in [0.1, 0.15) is 49.5 Å². The van der Waals surface area contributed by atoms with E-state index >= 15 is 0 Å². The van der Waals surface area contributed by atoms with Crippen LogP contribution >= 0.6 is 0 Å². The van der Waals surface area contributed by atoms with Crippen LogP contribution < -0.4 is 0 Å². The summed E-state index contributed by atoms with van der Waals surface area (Å²) in [4.78, 5) is 11.8. The maximum Gasteiger partial charge on any atom is 0.163 e. The average molecular weight is 204 g/mol. The Labute approximate surface area is 92.5 Å². The lowest BCUT2D eigenvalue weighted by molar-refractivity contribution is 0.0963. The van der Waals surface area contributed by atoms with Gasteiger partial charge in [0.05, 0.1) is 0 Å². The van der Waals surface area contributed by atoms with Crippen molar-refractivity contribution < 1.29 is 4.79 Å². The van der Waals surface area contributed by atoms with E-state index < -0.39 is 0 Å². The molecule has 1 aromatic carbocycles. The molecule has 0 saturated carbocycles. The predicted octanol–water partition coefficient (Wildman–Crippen LogP) is 3.87. The molecule has 0 aliphatic carbocycles. The first-order valence-corrected chi connectivity index (χ1v) is 5.79. The maximum absolute atomic E-state index is 11.8. The Morgan fingerprint density at radius 3 is 2.27 bits per heavy atom. The Morgan fingerprint density at radius 2 is 1.80 bits per heavy atom. The monoisotopic (exact) mass is 204 g/mol. The van der Waals surface area contributed by atoms with Gasteiger partial charge in [0.2, 0.25) is 0 Å². The van der Waals surface area contributed by atoms with Crippen molar-refractivity contribution in [3.8, 4) is 0 Å². The Hall–Kier alpha value is -1.11. The third-order valence-corrected chi connectivity index (χ3v) is 2.91. The topological polar surface area (TPSA) is 17.1 Å². The Bertz CT molecular complexity index is 311. The lowest BCUT2D eigenvalue weighted by Crippen LogP contribution is -2.05. The summed E-state index contributed by atoms with van der Waals surface area (Å²) in [6, 6.07) is 7.99. The van der Waals surface area contributed by atoms with E-state index in [1.807, 2.05) is 24.3 Å². The molecule has 82 valence electrons. The molecule has 0 heterocycles. The number of benzene rings is 1. The van der Waals surface area contributed by atoms with Gasteiger partial charge in [-0.15, -0.1) is 0 Å². The predicted molar refractivity (Wildman–Crippen MR) is 64.2 cm³/mol. The molecule has 1 atom stereocenters. The number of aryl methyl sites for hydroxylation is 1. The van der Waals surface area contributed by atoms with Gasteiger partial charge in [0.25, 0.3) is 0 Å². The Balaban J connectivity index is 2.66. The Kier molecular flexibility index (Phi) is 4.54. The lowest BCUT2D eigenvalue weighted by Gasteiger charge is -2.07. The van der Waals surface area contributed by atoms with Gasteiger partial charge in [-0.2, -0.15) is 0 Å². The van der Waals surface area contributed by atoms with E-state index in [0.29, 0.717) is 12.3 Å². The zero-order valence-corrected chi connectivity index (χ0v) is 9.92. The van der Waals surface area contributed by atoms with Crippen LogP contribution in [-0.4, -0.2) is 5.78 Å². The number of hydrogen-bond acceptors (Lipinski definition) is 1. The van der Waals surface area contributed by atoms with Crippen molar-refractivity contribution in [3.05, 3.63) is 35.4 Å². The number of Topliss-reactive ketones (excluding diaryl/α,β-unsaturated/α-hetero) is 1. The zero-order valence-electron chi connectivity index (χ0n) is 9.92. The molecule has 0 radical (unpaired) electrons. The molecular formula is C14H20O. The molecule has 0 N–H and O–H groups in total. The van der Waals surface area contributed by atoms with Crippen molar-refractivity contribution in [2.75, 3.05) is 0 Å². The minimum Gasteiger partial charge on any atom is -0.294 e. The molecule has 0 spiro atoms. The fourth-order valence-electron chi connectivity index (χ4n) is 1.51. The smallest absolute Gasteiger partial charge is 0.163 e. The highest BCUT2D eigenvalue weighted by atomic mass is 16.1. The second kappa shape index (κ2) is 5.69. The molecule has 0 amide bonds. The fraction of sp³-hybridized carbons (Fsp3) is 0.500. The number of hydrogen-bond donors (Lipinski definition) is 0. The third kappa shape index (κ3) is 3.50. The summed E-state index contributed by atoms with van der Waals surface area (Å²) in [5.74, 6) is 0.760. The second-order valence-corrected chi connectivity index (χ2v) is 4.19. The van der Waals surface area contributed by atoms with Crippen LogP contribution in [0.15, 0.2) is 24.3 Å². The molecule has 0 aliphatic rings. The number of ketones is 1. The first kappa shape index (κ1) is 12.0. The van der Waals surface area contributed by atoms with Gasteiger partial charge in [-0.05, 0) is 17.9 Å². The molecule has 1 rings (SSSR count). The van der Waals surface area contributed by atoms with E-state index in [-0.39, 0.29) is 5.78 Å². The first-order chi connectivity index (χ1) is 7.17. The van der Waals surface area contributed by atoms with Gasteiger partial charge in [0.1, 0.15) is 0 Å². The van der Waals surface area contributed by atoms with Gasteiger partial charge in [0, 0.05) is 12.0 Å². The van der Waals surface area contributed by atoms with E-state index in [0.717, 1.165) is 18.4 Å². The number of carbonyl (C=O) groups is 1. The molecule has 1 unspecified atom stereocenters. The van der Waals surface area contributed by atoms with E-state index in [4.69, 9.17) is 0 Å². The molecule has 0 aromatic heterocycles. The highest BCUT2D eigenvalue weighted by Gasteiger charge is 2.09. The largest absolute Gasteiger partial charge is 0.294 e. The summed E-state index contributed by atoms with van der Waals surface area (Å²) in [5.41, 5.74) is 2.14. The summed E-state index contributed by atoms with van der Waals surface area (Å²) in [5, 5.41) is 0. The summed E-state index contributed by atoms with van der Waals surface area (Å²) in [6.07, 6.45) is 2.76. The molecule has 0 aliphatic heterocycles. The molecule has 0 fully saturated rings. The first-order valence-electron chi connectivity index (χ1n) is 5.79. The van der Waals surface area contributed by atoms with Gasteiger partial charge >= 0.3 is 0 Å². The number of rotatable bonds is 5. The van der Waals surface area contributed by atoms with Crippen LogP contribution in [0.3, 0.4) is 0 Å². The van der Waals surface area contributed by atoms with Crippen molar-refractivity contribution in [2.24, 2.45) is 5.92 Å². The van der Waals surface area contributed by atoms with E-state index in [1.165, 1.54) is 5.56 Å². The van der Waals surface area contributed by atoms with E-state index in [1.54, 1.807) is 0 Å². The third-order valence-electron chi connectivity index (χ3n) is 2.91. The average Bonchev–Trinajstić information content (AvgIpc) is 2.29. The Morgan fingerprint density at radius 1 is 1.20 bits per heavy atom. The standard InChI is InChI=1S/C14H20O/c1-4-11(3)10-14(15)13-8-6-12(5-2)7-9-13/h6-9,11H,4-5,10H2,1-3H3. The maximum atomic E-state index is 11.8. The molecular weight excluding hydrogens is 184 g/mol. The normalized spacial score (nSPS) is 12.5. The number of carbonyl (C=O) groups excluding carboxylic acids is 1. The molecule has 1 nitrogen and oxygen atoms in total. The second-order valence-electron chi connectivity index (χ2n) is 4.19. The summed E-state index contributed by atoms with van der Waals surface area (Å²) >= 11 is 0. The van der Waals surface area contributed by atoms with Crippen LogP contribution in [0.2, 0.25) is 0 Å². The molecule has 15 heavy (non-hydrogen) atoms. The highest BCUT2D eigenvalue weighted by molar-refractivity contribution is 5.96. The van der Waals surface area contributed by atoms with Crippen molar-refractivity contribution in [2.45, 2.75) is 40.0 Å². The van der Waals surface area contributed by atoms with Crippen LogP contribution in [-0.2, 0) is 6.42 Å². The van der Waals surface area contributed by atoms with E-state index in [2.05, 4.69) is 20.8 Å². The van der Waals surface area contributed by atoms with Crippen molar-refractivity contribution in [1.29, 1.82) is 0 Å². The highest BCUT2D eigenvalue weighted by Crippen LogP contribution is 2.13. The van der Waals surface area contributed by atoms with Crippen molar-refractivity contribution >= 4 is 5.78 Å².